The number of hydrogen-bond donors (Lipinski definition) is 1. The third-order valence-corrected chi connectivity index (χ3v) is 5.37. The average molecular weight is 284 g/mol. The minimum absolute atomic E-state index is 0.00928. The molecule has 1 fully saturated rings. The van der Waals surface area contributed by atoms with E-state index in [0.717, 1.165) is 16.7 Å². The molecule has 2 aliphatic rings. The lowest BCUT2D eigenvalue weighted by Gasteiger charge is -2.45. The minimum Gasteiger partial charge on any atom is -0.317 e. The van der Waals surface area contributed by atoms with E-state index in [1.54, 1.807) is 40.2 Å². The fraction of sp³-hybridized carbons (Fsp3) is 0.556. The van der Waals surface area contributed by atoms with Gasteiger partial charge in [-0.25, -0.2) is 4.68 Å². The summed E-state index contributed by atoms with van der Waals surface area (Å²) in [6.45, 7) is 0. The smallest absolute Gasteiger partial charge is 0.247 e. The Balaban J connectivity index is 1.63. The highest BCUT2D eigenvalue weighted by atomic mass is 32.2. The predicted molar refractivity (Wildman–Crippen MR) is 68.7 cm³/mol. The van der Waals surface area contributed by atoms with Crippen LogP contribution in [-0.2, 0) is 11.8 Å². The second-order valence-corrected chi connectivity index (χ2v) is 6.18. The quantitative estimate of drug-likeness (QED) is 0.587. The SMILES string of the molecule is Cn1nnnc1SCC1=CN2C(=O)C(N)[C@@H]2SC1. The largest absolute Gasteiger partial charge is 0.317 e. The molecule has 0 radical (unpaired) electrons. The van der Waals surface area contributed by atoms with Gasteiger partial charge >= 0.3 is 0 Å². The molecule has 7 nitrogen and oxygen atoms in total. The number of aryl methyl sites for hydroxylation is 1. The molecule has 1 unspecified atom stereocenters. The van der Waals surface area contributed by atoms with Gasteiger partial charge in [0.25, 0.3) is 0 Å². The lowest BCUT2D eigenvalue weighted by Crippen LogP contribution is -2.66. The molecule has 0 aliphatic carbocycles. The summed E-state index contributed by atoms with van der Waals surface area (Å²) in [6.07, 6.45) is 1.92. The van der Waals surface area contributed by atoms with Crippen LogP contribution in [-0.4, -0.2) is 53.9 Å². The van der Waals surface area contributed by atoms with Crippen LogP contribution in [0.2, 0.25) is 0 Å². The number of nitrogens with zero attached hydrogens (tertiary/aromatic N) is 5. The van der Waals surface area contributed by atoms with Gasteiger partial charge in [0, 0.05) is 24.8 Å². The average Bonchev–Trinajstić information content (AvgIpc) is 2.80. The van der Waals surface area contributed by atoms with Gasteiger partial charge in [0.05, 0.1) is 0 Å². The first-order chi connectivity index (χ1) is 8.66. The lowest BCUT2D eigenvalue weighted by atomic mass is 10.1. The third kappa shape index (κ3) is 1.91. The zero-order chi connectivity index (χ0) is 12.7. The lowest BCUT2D eigenvalue weighted by molar-refractivity contribution is -0.140. The second-order valence-electron chi connectivity index (χ2n) is 4.13. The Kier molecular flexibility index (Phi) is 3.04. The summed E-state index contributed by atoms with van der Waals surface area (Å²) in [5, 5.41) is 12.2. The zero-order valence-electron chi connectivity index (χ0n) is 9.68. The molecule has 1 amide bonds. The Labute approximate surface area is 112 Å². The van der Waals surface area contributed by atoms with E-state index in [0.29, 0.717) is 0 Å². The van der Waals surface area contributed by atoms with Crippen LogP contribution in [0.5, 0.6) is 0 Å². The van der Waals surface area contributed by atoms with Crippen LogP contribution in [0, 0.1) is 0 Å². The van der Waals surface area contributed by atoms with Gasteiger partial charge < -0.3 is 10.6 Å². The van der Waals surface area contributed by atoms with E-state index in [-0.39, 0.29) is 17.3 Å². The van der Waals surface area contributed by atoms with E-state index in [1.807, 2.05) is 6.20 Å². The standard InChI is InChI=1S/C9H12N6OS2/c1-14-9(11-12-13-14)18-4-5-2-15-7(16)6(10)8(15)17-3-5/h2,6,8H,3-4,10H2,1H3/t6?,8-/m0/s1. The minimum atomic E-state index is -0.330. The first-order valence-corrected chi connectivity index (χ1v) is 7.44. The predicted octanol–water partition coefficient (Wildman–Crippen LogP) is -0.571. The fourth-order valence-corrected chi connectivity index (χ4v) is 3.99. The van der Waals surface area contributed by atoms with Crippen molar-refractivity contribution in [3.8, 4) is 0 Å². The summed E-state index contributed by atoms with van der Waals surface area (Å²) in [7, 11) is 1.81. The molecule has 0 saturated carbocycles. The molecule has 0 bridgehead atoms. The highest BCUT2D eigenvalue weighted by molar-refractivity contribution is 8.01. The fourth-order valence-electron chi connectivity index (χ4n) is 1.84. The van der Waals surface area contributed by atoms with Crippen molar-refractivity contribution >= 4 is 29.4 Å². The number of carbonyl (C=O) groups excluding carboxylic acids is 1. The topological polar surface area (TPSA) is 89.9 Å². The molecule has 1 aromatic heterocycles. The van der Waals surface area contributed by atoms with Gasteiger partial charge in [-0.2, -0.15) is 0 Å². The number of tetrazole rings is 1. The van der Waals surface area contributed by atoms with E-state index in [1.165, 1.54) is 5.57 Å². The van der Waals surface area contributed by atoms with Crippen molar-refractivity contribution in [3.05, 3.63) is 11.8 Å². The van der Waals surface area contributed by atoms with Gasteiger partial charge in [-0.3, -0.25) is 4.79 Å². The van der Waals surface area contributed by atoms with Crippen molar-refractivity contribution in [3.63, 3.8) is 0 Å². The summed E-state index contributed by atoms with van der Waals surface area (Å²) in [5.74, 6) is 1.70. The van der Waals surface area contributed by atoms with Crippen LogP contribution in [0.4, 0.5) is 0 Å². The van der Waals surface area contributed by atoms with Gasteiger partial charge in [0.15, 0.2) is 0 Å². The highest BCUT2D eigenvalue weighted by Crippen LogP contribution is 2.36. The Morgan fingerprint density at radius 1 is 1.67 bits per heavy atom. The van der Waals surface area contributed by atoms with Gasteiger partial charge in [-0.1, -0.05) is 11.8 Å². The molecule has 18 heavy (non-hydrogen) atoms. The number of hydrogen-bond acceptors (Lipinski definition) is 7. The highest BCUT2D eigenvalue weighted by Gasteiger charge is 2.46. The van der Waals surface area contributed by atoms with Crippen LogP contribution in [0.25, 0.3) is 0 Å². The normalized spacial score (nSPS) is 26.7. The van der Waals surface area contributed by atoms with E-state index < -0.39 is 0 Å². The summed E-state index contributed by atoms with van der Waals surface area (Å²) in [5.41, 5.74) is 6.92. The van der Waals surface area contributed by atoms with E-state index in [2.05, 4.69) is 15.5 Å². The van der Waals surface area contributed by atoms with Gasteiger partial charge in [0.2, 0.25) is 11.1 Å². The van der Waals surface area contributed by atoms with Gasteiger partial charge in [-0.05, 0) is 16.0 Å². The van der Waals surface area contributed by atoms with Crippen LogP contribution in [0.1, 0.15) is 0 Å². The van der Waals surface area contributed by atoms with Gasteiger partial charge in [-0.15, -0.1) is 16.9 Å². The molecule has 3 rings (SSSR count). The number of amides is 1. The summed E-state index contributed by atoms with van der Waals surface area (Å²) < 4.78 is 1.63. The van der Waals surface area contributed by atoms with Crippen molar-refractivity contribution in [2.75, 3.05) is 11.5 Å². The summed E-state index contributed by atoms with van der Waals surface area (Å²) in [4.78, 5) is 13.3. The van der Waals surface area contributed by atoms with Crippen LogP contribution in [0.3, 0.4) is 0 Å². The molecule has 1 saturated heterocycles. The van der Waals surface area contributed by atoms with E-state index in [4.69, 9.17) is 5.73 Å². The maximum absolute atomic E-state index is 11.5. The van der Waals surface area contributed by atoms with E-state index in [9.17, 15) is 4.79 Å². The number of aromatic nitrogens is 4. The molecule has 1 aromatic rings. The zero-order valence-corrected chi connectivity index (χ0v) is 11.3. The van der Waals surface area contributed by atoms with Crippen molar-refractivity contribution in [1.82, 2.24) is 25.1 Å². The Morgan fingerprint density at radius 2 is 2.50 bits per heavy atom. The molecule has 0 aromatic carbocycles. The molecule has 2 atom stereocenters. The molecule has 2 aliphatic heterocycles. The Hall–Kier alpha value is -1.06. The maximum Gasteiger partial charge on any atom is 0.247 e. The van der Waals surface area contributed by atoms with Crippen molar-refractivity contribution in [2.24, 2.45) is 12.8 Å². The molecule has 9 heteroatoms. The number of β-lactam (4-membered cyclic amide) rings is 1. The monoisotopic (exact) mass is 284 g/mol. The second kappa shape index (κ2) is 4.56. The van der Waals surface area contributed by atoms with Gasteiger partial charge in [0.1, 0.15) is 11.4 Å². The Morgan fingerprint density at radius 3 is 3.22 bits per heavy atom. The van der Waals surface area contributed by atoms with Crippen molar-refractivity contribution in [2.45, 2.75) is 16.6 Å². The number of carbonyl (C=O) groups is 1. The molecule has 0 spiro atoms. The molecule has 96 valence electrons. The molecule has 2 N–H and O–H groups in total. The van der Waals surface area contributed by atoms with Crippen LogP contribution in [0.15, 0.2) is 16.9 Å². The maximum atomic E-state index is 11.5. The summed E-state index contributed by atoms with van der Waals surface area (Å²) in [6, 6.07) is -0.330. The van der Waals surface area contributed by atoms with Crippen molar-refractivity contribution in [1.29, 1.82) is 0 Å². The Bertz CT molecular complexity index is 515. The number of thioether (sulfide) groups is 2. The van der Waals surface area contributed by atoms with Crippen molar-refractivity contribution < 1.29 is 4.79 Å². The van der Waals surface area contributed by atoms with E-state index >= 15 is 0 Å². The first kappa shape index (κ1) is 12.0. The molecular weight excluding hydrogens is 272 g/mol. The number of rotatable bonds is 3. The summed E-state index contributed by atoms with van der Waals surface area (Å²) >= 11 is 3.28. The molecule has 3 heterocycles. The molecular formula is C9H12N6OS2. The first-order valence-electron chi connectivity index (χ1n) is 5.41. The van der Waals surface area contributed by atoms with Crippen LogP contribution >= 0.6 is 23.5 Å². The number of nitrogens with two attached hydrogens (primary N) is 1. The third-order valence-electron chi connectivity index (χ3n) is 2.85. The van der Waals surface area contributed by atoms with Crippen LogP contribution < -0.4 is 5.73 Å². The number of fused-ring (bicyclic) bond motifs is 1.